The number of fused-ring (bicyclic) bond motifs is 2. The Morgan fingerprint density at radius 2 is 1.05 bits per heavy atom. The van der Waals surface area contributed by atoms with Crippen molar-refractivity contribution in [2.45, 2.75) is 39.5 Å². The standard InChI is InChI=1S/C25H23N3O2.C25H21N3O2/c2*1-4-15-30-20-11-12-22-21(16-20)23(19-9-7-18(8-10-19)17(2)3)27-24(26-22)25(29)28-13-5-6-14-28/h1,5-12,16-17H,13-15H2,2-3H3;1,5-14,16-17H,15H2,2-3H3. The Morgan fingerprint density at radius 1 is 0.617 bits per heavy atom. The highest BCUT2D eigenvalue weighted by Gasteiger charge is 2.22. The summed E-state index contributed by atoms with van der Waals surface area (Å²) in [5.41, 5.74) is 7.05. The van der Waals surface area contributed by atoms with E-state index >= 15 is 0 Å². The predicted molar refractivity (Wildman–Crippen MR) is 236 cm³/mol. The van der Waals surface area contributed by atoms with Crippen LogP contribution in [0, 0.1) is 24.7 Å². The summed E-state index contributed by atoms with van der Waals surface area (Å²) in [4.78, 5) is 45.9. The Bertz CT molecular complexity index is 2770. The number of carbonyl (C=O) groups excluding carboxylic acids is 2. The van der Waals surface area contributed by atoms with E-state index in [0.29, 0.717) is 58.8 Å². The van der Waals surface area contributed by atoms with E-state index in [-0.39, 0.29) is 36.7 Å². The Hall–Kier alpha value is -7.56. The predicted octanol–water partition coefficient (Wildman–Crippen LogP) is 9.37. The fourth-order valence-corrected chi connectivity index (χ4v) is 6.70. The highest BCUT2D eigenvalue weighted by atomic mass is 16.5. The normalized spacial score (nSPS) is 12.0. The van der Waals surface area contributed by atoms with Gasteiger partial charge in [-0.05, 0) is 71.5 Å². The summed E-state index contributed by atoms with van der Waals surface area (Å²) in [6.07, 6.45) is 17.9. The van der Waals surface area contributed by atoms with Gasteiger partial charge in [-0.15, -0.1) is 12.8 Å². The van der Waals surface area contributed by atoms with Crippen LogP contribution in [0.2, 0.25) is 0 Å². The van der Waals surface area contributed by atoms with Crippen molar-refractivity contribution in [1.29, 1.82) is 0 Å². The van der Waals surface area contributed by atoms with Crippen molar-refractivity contribution in [2.75, 3.05) is 26.3 Å². The number of carbonyl (C=O) groups is 2. The van der Waals surface area contributed by atoms with Gasteiger partial charge >= 0.3 is 0 Å². The summed E-state index contributed by atoms with van der Waals surface area (Å²) < 4.78 is 12.6. The molecule has 0 saturated carbocycles. The molecule has 3 aromatic heterocycles. The number of amides is 1. The molecule has 4 aromatic carbocycles. The molecular weight excluding hydrogens is 749 g/mol. The van der Waals surface area contributed by atoms with Crippen molar-refractivity contribution in [2.24, 2.45) is 0 Å². The third-order valence-corrected chi connectivity index (χ3v) is 10.0. The van der Waals surface area contributed by atoms with Gasteiger partial charge in [-0.2, -0.15) is 0 Å². The average molecular weight is 793 g/mol. The molecule has 0 fully saturated rings. The second kappa shape index (κ2) is 18.4. The molecule has 8 rings (SSSR count). The summed E-state index contributed by atoms with van der Waals surface area (Å²) in [7, 11) is 0. The van der Waals surface area contributed by atoms with Crippen LogP contribution < -0.4 is 9.47 Å². The largest absolute Gasteiger partial charge is 0.481 e. The molecule has 0 bridgehead atoms. The van der Waals surface area contributed by atoms with E-state index in [1.807, 2.05) is 66.7 Å². The summed E-state index contributed by atoms with van der Waals surface area (Å²) in [6.45, 7) is 10.1. The zero-order valence-corrected chi connectivity index (χ0v) is 34.0. The van der Waals surface area contributed by atoms with E-state index in [2.05, 4.69) is 83.7 Å². The number of hydrogen-bond acceptors (Lipinski definition) is 8. The number of benzene rings is 4. The lowest BCUT2D eigenvalue weighted by atomic mass is 9.99. The molecule has 10 nitrogen and oxygen atoms in total. The second-order valence-corrected chi connectivity index (χ2v) is 14.8. The molecule has 0 saturated heterocycles. The van der Waals surface area contributed by atoms with Gasteiger partial charge in [0.25, 0.3) is 11.8 Å². The lowest BCUT2D eigenvalue weighted by molar-refractivity contribution is 0.0788. The lowest BCUT2D eigenvalue weighted by Gasteiger charge is -2.16. The van der Waals surface area contributed by atoms with Crippen molar-refractivity contribution < 1.29 is 19.1 Å². The number of hydrogen-bond donors (Lipinski definition) is 0. The molecular formula is C50H44N6O4. The van der Waals surface area contributed by atoms with Gasteiger partial charge in [-0.25, -0.2) is 19.9 Å². The molecule has 10 heteroatoms. The van der Waals surface area contributed by atoms with E-state index < -0.39 is 0 Å². The fraction of sp³-hybridized carbons (Fsp3) is 0.200. The van der Waals surface area contributed by atoms with Crippen LogP contribution in [0.5, 0.6) is 11.5 Å². The maximum atomic E-state index is 12.9. The monoisotopic (exact) mass is 792 g/mol. The van der Waals surface area contributed by atoms with Crippen molar-refractivity contribution in [1.82, 2.24) is 29.4 Å². The average Bonchev–Trinajstić information content (AvgIpc) is 4.03. The molecule has 0 spiro atoms. The Morgan fingerprint density at radius 3 is 1.47 bits per heavy atom. The first kappa shape index (κ1) is 40.6. The first-order valence-electron chi connectivity index (χ1n) is 19.7. The van der Waals surface area contributed by atoms with Crippen LogP contribution in [0.15, 0.2) is 122 Å². The molecule has 0 aliphatic carbocycles. The van der Waals surface area contributed by atoms with E-state index in [9.17, 15) is 9.59 Å². The van der Waals surface area contributed by atoms with E-state index in [0.717, 1.165) is 21.9 Å². The van der Waals surface area contributed by atoms with Crippen LogP contribution in [0.4, 0.5) is 0 Å². The lowest BCUT2D eigenvalue weighted by Crippen LogP contribution is -2.30. The Kier molecular flexibility index (Phi) is 12.4. The van der Waals surface area contributed by atoms with Crippen molar-refractivity contribution >= 4 is 33.6 Å². The van der Waals surface area contributed by atoms with Gasteiger partial charge in [-0.1, -0.05) is 100 Å². The fourth-order valence-electron chi connectivity index (χ4n) is 6.70. The Labute approximate surface area is 350 Å². The summed E-state index contributed by atoms with van der Waals surface area (Å²) in [5, 5.41) is 1.61. The highest BCUT2D eigenvalue weighted by Crippen LogP contribution is 2.32. The van der Waals surface area contributed by atoms with E-state index in [1.54, 1.807) is 35.5 Å². The van der Waals surface area contributed by atoms with E-state index in [4.69, 9.17) is 22.3 Å². The van der Waals surface area contributed by atoms with Gasteiger partial charge in [0.15, 0.2) is 0 Å². The Balaban J connectivity index is 0.000000181. The smallest absolute Gasteiger partial charge is 0.299 e. The number of rotatable bonds is 10. The molecule has 1 aliphatic rings. The number of aromatic nitrogens is 5. The molecule has 298 valence electrons. The van der Waals surface area contributed by atoms with Gasteiger partial charge in [0.1, 0.15) is 24.7 Å². The van der Waals surface area contributed by atoms with Gasteiger partial charge in [0.05, 0.1) is 22.4 Å². The van der Waals surface area contributed by atoms with Gasteiger partial charge in [0.2, 0.25) is 11.6 Å². The van der Waals surface area contributed by atoms with Gasteiger partial charge in [0, 0.05) is 47.4 Å². The minimum atomic E-state index is -0.283. The first-order chi connectivity index (χ1) is 29.1. The minimum absolute atomic E-state index is 0.138. The van der Waals surface area contributed by atoms with Crippen LogP contribution >= 0.6 is 0 Å². The van der Waals surface area contributed by atoms with Gasteiger partial charge in [-0.3, -0.25) is 14.2 Å². The second-order valence-electron chi connectivity index (χ2n) is 14.8. The number of ether oxygens (including phenoxy) is 2. The quantitative estimate of drug-likeness (QED) is 0.0996. The van der Waals surface area contributed by atoms with E-state index in [1.165, 1.54) is 15.7 Å². The molecule has 0 atom stereocenters. The topological polar surface area (TPSA) is 112 Å². The zero-order valence-electron chi connectivity index (χ0n) is 34.0. The molecule has 7 aromatic rings. The molecule has 1 aliphatic heterocycles. The van der Waals surface area contributed by atoms with Crippen molar-refractivity contribution in [3.63, 3.8) is 0 Å². The molecule has 60 heavy (non-hydrogen) atoms. The number of terminal acetylenes is 2. The zero-order chi connectivity index (χ0) is 42.2. The third-order valence-electron chi connectivity index (χ3n) is 10.0. The van der Waals surface area contributed by atoms with Crippen LogP contribution in [-0.4, -0.2) is 67.5 Å². The summed E-state index contributed by atoms with van der Waals surface area (Å²) >= 11 is 0. The van der Waals surface area contributed by atoms with Crippen LogP contribution in [0.25, 0.3) is 44.3 Å². The molecule has 0 unspecified atom stereocenters. The molecule has 1 amide bonds. The van der Waals surface area contributed by atoms with Crippen LogP contribution in [0.1, 0.15) is 71.9 Å². The first-order valence-corrected chi connectivity index (χ1v) is 19.7. The maximum Gasteiger partial charge on any atom is 0.299 e. The molecule has 4 heterocycles. The van der Waals surface area contributed by atoms with Crippen molar-refractivity contribution in [3.8, 4) is 58.7 Å². The maximum absolute atomic E-state index is 12.9. The number of nitrogens with zero attached hydrogens (tertiary/aromatic N) is 6. The van der Waals surface area contributed by atoms with Gasteiger partial charge < -0.3 is 14.4 Å². The minimum Gasteiger partial charge on any atom is -0.481 e. The van der Waals surface area contributed by atoms with Crippen molar-refractivity contribution in [3.05, 3.63) is 144 Å². The third kappa shape index (κ3) is 9.09. The SMILES string of the molecule is C#CCOc1ccc2nc(C(=O)N3CC=CC3)nc(-c3ccc(C(C)C)cc3)c2c1.C#CCOc1ccc2nc(C(=O)n3cccc3)nc(-c3ccc(C(C)C)cc3)c2c1. The molecule has 0 radical (unpaired) electrons. The summed E-state index contributed by atoms with van der Waals surface area (Å²) in [5.74, 6) is 6.96. The summed E-state index contributed by atoms with van der Waals surface area (Å²) in [6, 6.07) is 31.1. The van der Waals surface area contributed by atoms with Crippen LogP contribution in [-0.2, 0) is 0 Å². The molecule has 0 N–H and O–H groups in total. The highest BCUT2D eigenvalue weighted by molar-refractivity contribution is 6.00. The van der Waals surface area contributed by atoms with Crippen LogP contribution in [0.3, 0.4) is 0 Å².